The topological polar surface area (TPSA) is 43.6 Å². The Bertz CT molecular complexity index is 3180. The van der Waals surface area contributed by atoms with Crippen molar-refractivity contribution in [1.29, 1.82) is 0 Å². The van der Waals surface area contributed by atoms with Gasteiger partial charge in [-0.15, -0.1) is 0 Å². The molecule has 4 nitrogen and oxygen atoms in total. The van der Waals surface area contributed by atoms with E-state index < -0.39 is 0 Å². The van der Waals surface area contributed by atoms with Gasteiger partial charge in [0.15, 0.2) is 11.6 Å². The van der Waals surface area contributed by atoms with Crippen molar-refractivity contribution in [1.82, 2.24) is 19.5 Å². The molecule has 9 aromatic carbocycles. The van der Waals surface area contributed by atoms with E-state index in [4.69, 9.17) is 15.0 Å². The molecule has 0 bridgehead atoms. The van der Waals surface area contributed by atoms with Crippen LogP contribution in [0.3, 0.4) is 0 Å². The summed E-state index contributed by atoms with van der Waals surface area (Å²) in [6.45, 7) is 0. The van der Waals surface area contributed by atoms with Crippen molar-refractivity contribution >= 4 is 54.1 Å². The van der Waals surface area contributed by atoms with Gasteiger partial charge in [0.05, 0.1) is 11.0 Å². The number of rotatable bonds is 5. The van der Waals surface area contributed by atoms with E-state index in [2.05, 4.69) is 180 Å². The first-order valence-electron chi connectivity index (χ1n) is 18.6. The number of nitrogens with zero attached hydrogens (tertiary/aromatic N) is 4. The van der Waals surface area contributed by atoms with E-state index in [1.807, 2.05) is 18.2 Å². The first-order chi connectivity index (χ1) is 27.3. The molecular weight excluding hydrogens is 669 g/mol. The molecule has 2 heterocycles. The van der Waals surface area contributed by atoms with Crippen LogP contribution in [-0.4, -0.2) is 19.5 Å². The third-order valence-corrected chi connectivity index (χ3v) is 10.8. The summed E-state index contributed by atoms with van der Waals surface area (Å²) < 4.78 is 2.22. The third-order valence-electron chi connectivity index (χ3n) is 10.8. The molecule has 0 aliphatic heterocycles. The highest BCUT2D eigenvalue weighted by Crippen LogP contribution is 2.41. The maximum absolute atomic E-state index is 5.35. The van der Waals surface area contributed by atoms with Gasteiger partial charge < -0.3 is 0 Å². The van der Waals surface area contributed by atoms with Gasteiger partial charge in [-0.05, 0) is 84.9 Å². The number of para-hydroxylation sites is 1. The molecule has 0 amide bonds. The van der Waals surface area contributed by atoms with Gasteiger partial charge in [0, 0.05) is 21.9 Å². The summed E-state index contributed by atoms with van der Waals surface area (Å²) in [5.41, 5.74) is 8.41. The minimum atomic E-state index is 0.576. The van der Waals surface area contributed by atoms with Crippen LogP contribution in [0.5, 0.6) is 0 Å². The molecule has 0 N–H and O–H groups in total. The zero-order valence-electron chi connectivity index (χ0n) is 29.8. The van der Waals surface area contributed by atoms with Crippen molar-refractivity contribution in [2.24, 2.45) is 0 Å². The molecule has 11 rings (SSSR count). The summed E-state index contributed by atoms with van der Waals surface area (Å²) >= 11 is 0. The van der Waals surface area contributed by atoms with Crippen LogP contribution in [0.15, 0.2) is 194 Å². The summed E-state index contributed by atoms with van der Waals surface area (Å²) in [4.78, 5) is 15.8. The average molecular weight is 701 g/mol. The lowest BCUT2D eigenvalue weighted by Crippen LogP contribution is -2.06. The van der Waals surface area contributed by atoms with E-state index in [1.54, 1.807) is 0 Å². The maximum Gasteiger partial charge on any atom is 0.238 e. The van der Waals surface area contributed by atoms with E-state index in [0.717, 1.165) is 49.8 Å². The average Bonchev–Trinajstić information content (AvgIpc) is 3.61. The number of aromatic nitrogens is 4. The van der Waals surface area contributed by atoms with E-state index in [9.17, 15) is 0 Å². The number of fused-ring (bicyclic) bond motifs is 9. The minimum absolute atomic E-state index is 0.576. The monoisotopic (exact) mass is 700 g/mol. The van der Waals surface area contributed by atoms with Crippen molar-refractivity contribution in [2.75, 3.05) is 0 Å². The summed E-state index contributed by atoms with van der Waals surface area (Å²) in [5, 5.41) is 9.78. The summed E-state index contributed by atoms with van der Waals surface area (Å²) in [5.74, 6) is 1.81. The quantitative estimate of drug-likeness (QED) is 0.168. The van der Waals surface area contributed by atoms with E-state index in [1.165, 1.54) is 37.7 Å². The summed E-state index contributed by atoms with van der Waals surface area (Å²) in [7, 11) is 0. The molecular formula is C51H32N4. The molecule has 0 spiro atoms. The molecule has 4 heteroatoms. The van der Waals surface area contributed by atoms with Crippen LogP contribution < -0.4 is 0 Å². The van der Waals surface area contributed by atoms with Gasteiger partial charge in [-0.3, -0.25) is 4.57 Å². The highest BCUT2D eigenvalue weighted by molar-refractivity contribution is 6.29. The van der Waals surface area contributed by atoms with Crippen molar-refractivity contribution in [3.63, 3.8) is 0 Å². The molecule has 0 saturated carbocycles. The SMILES string of the molecule is c1ccc(-c2cc(-c3ccccc3)cc(-c3nc(-c4ccccc4)nc(-n4c5ccccc5c5c6ccc7ccc8ccccc8c7c6ccc54)n3)c2)cc1. The fraction of sp³-hybridized carbons (Fsp3) is 0. The predicted octanol–water partition coefficient (Wildman–Crippen LogP) is 13.1. The fourth-order valence-electron chi connectivity index (χ4n) is 8.26. The van der Waals surface area contributed by atoms with Crippen molar-refractivity contribution in [2.45, 2.75) is 0 Å². The summed E-state index contributed by atoms with van der Waals surface area (Å²) in [6.07, 6.45) is 0. The number of hydrogen-bond acceptors (Lipinski definition) is 3. The lowest BCUT2D eigenvalue weighted by Gasteiger charge is -2.14. The fourth-order valence-corrected chi connectivity index (χ4v) is 8.26. The minimum Gasteiger partial charge on any atom is -0.278 e. The maximum atomic E-state index is 5.35. The van der Waals surface area contributed by atoms with Crippen LogP contribution in [0.1, 0.15) is 0 Å². The van der Waals surface area contributed by atoms with Gasteiger partial charge in [0.25, 0.3) is 0 Å². The number of hydrogen-bond donors (Lipinski definition) is 0. The van der Waals surface area contributed by atoms with E-state index in [-0.39, 0.29) is 0 Å². The normalized spacial score (nSPS) is 11.6. The van der Waals surface area contributed by atoms with Gasteiger partial charge in [-0.25, -0.2) is 4.98 Å². The van der Waals surface area contributed by atoms with Crippen LogP contribution in [-0.2, 0) is 0 Å². The Labute approximate surface area is 317 Å². The molecule has 55 heavy (non-hydrogen) atoms. The largest absolute Gasteiger partial charge is 0.278 e. The molecule has 0 unspecified atom stereocenters. The second-order valence-electron chi connectivity index (χ2n) is 14.0. The molecule has 0 aliphatic rings. The van der Waals surface area contributed by atoms with Gasteiger partial charge >= 0.3 is 0 Å². The lowest BCUT2D eigenvalue weighted by atomic mass is 9.94. The molecule has 2 aromatic heterocycles. The van der Waals surface area contributed by atoms with Crippen molar-refractivity contribution in [3.05, 3.63) is 194 Å². The predicted molar refractivity (Wildman–Crippen MR) is 228 cm³/mol. The smallest absolute Gasteiger partial charge is 0.238 e. The van der Waals surface area contributed by atoms with Crippen LogP contribution in [0.25, 0.3) is 105 Å². The third kappa shape index (κ3) is 5.19. The van der Waals surface area contributed by atoms with Crippen molar-refractivity contribution < 1.29 is 0 Å². The second kappa shape index (κ2) is 12.6. The standard InChI is InChI=1S/C51H32N4/c1-4-14-33(15-5-1)38-30-39(34-16-6-2-7-17-34)32-40(31-38)50-52-49(37-19-8-3-9-20-37)53-51(54-50)55-45-23-13-12-22-44(45)48-43-27-26-36-25-24-35-18-10-11-21-41(35)47(36)42(43)28-29-46(48)55/h1-32H. The van der Waals surface area contributed by atoms with Crippen LogP contribution in [0.2, 0.25) is 0 Å². The Morgan fingerprint density at radius 1 is 0.291 bits per heavy atom. The molecule has 0 atom stereocenters. The molecule has 256 valence electrons. The molecule has 0 saturated heterocycles. The van der Waals surface area contributed by atoms with E-state index >= 15 is 0 Å². The molecule has 0 aliphatic carbocycles. The highest BCUT2D eigenvalue weighted by atomic mass is 15.2. The van der Waals surface area contributed by atoms with Crippen LogP contribution in [0.4, 0.5) is 0 Å². The highest BCUT2D eigenvalue weighted by Gasteiger charge is 2.21. The Balaban J connectivity index is 1.20. The lowest BCUT2D eigenvalue weighted by molar-refractivity contribution is 0.954. The molecule has 0 fully saturated rings. The number of benzene rings is 9. The van der Waals surface area contributed by atoms with Gasteiger partial charge in [0.1, 0.15) is 0 Å². The Morgan fingerprint density at radius 3 is 1.51 bits per heavy atom. The zero-order chi connectivity index (χ0) is 36.3. The first-order valence-corrected chi connectivity index (χ1v) is 18.6. The first kappa shape index (κ1) is 31.1. The van der Waals surface area contributed by atoms with Crippen LogP contribution in [0, 0.1) is 0 Å². The Kier molecular flexibility index (Phi) is 7.14. The van der Waals surface area contributed by atoms with Gasteiger partial charge in [0.2, 0.25) is 5.95 Å². The van der Waals surface area contributed by atoms with Gasteiger partial charge in [-0.2, -0.15) is 9.97 Å². The second-order valence-corrected chi connectivity index (χ2v) is 14.0. The summed E-state index contributed by atoms with van der Waals surface area (Å²) in [6, 6.07) is 68.7. The Hall–Kier alpha value is -7.43. The van der Waals surface area contributed by atoms with E-state index in [0.29, 0.717) is 17.6 Å². The van der Waals surface area contributed by atoms with Gasteiger partial charge in [-0.1, -0.05) is 164 Å². The molecule has 11 aromatic rings. The van der Waals surface area contributed by atoms with Crippen LogP contribution >= 0.6 is 0 Å². The molecule has 0 radical (unpaired) electrons. The Morgan fingerprint density at radius 2 is 0.800 bits per heavy atom. The van der Waals surface area contributed by atoms with Crippen molar-refractivity contribution in [3.8, 4) is 51.0 Å². The zero-order valence-corrected chi connectivity index (χ0v) is 29.8.